The summed E-state index contributed by atoms with van der Waals surface area (Å²) in [6.07, 6.45) is 3.39. The van der Waals surface area contributed by atoms with E-state index in [2.05, 4.69) is 31.4 Å². The van der Waals surface area contributed by atoms with E-state index in [1.165, 1.54) is 29.9 Å². The fraction of sp³-hybridized carbons (Fsp3) is 0.516. The summed E-state index contributed by atoms with van der Waals surface area (Å²) >= 11 is 6.39. The van der Waals surface area contributed by atoms with Gasteiger partial charge in [-0.15, -0.1) is 5.10 Å². The van der Waals surface area contributed by atoms with Crippen LogP contribution in [-0.4, -0.2) is 103 Å². The van der Waals surface area contributed by atoms with Crippen LogP contribution in [-0.2, 0) is 29.6 Å². The van der Waals surface area contributed by atoms with Crippen LogP contribution in [0.15, 0.2) is 36.7 Å². The highest BCUT2D eigenvalue weighted by Gasteiger charge is 2.31. The minimum atomic E-state index is -1.35. The molecule has 0 spiro atoms. The number of carbonyl (C=O) groups is 4. The standard InChI is InChI=1S/C31H42ClN9O6/c1-19(2)16-24-29(44)33-11-14-40(31(46)25-8-10-34-39(25)4)13-9-22-18-41(38-37-22)12-5-15-47-26-7-6-21(17-23(26)32)28(43)36-27(20(3)42)30(45)35-24/h6-8,10,17-20,24,27,42H,5,9,11-16H2,1-4H3,(H,33,44)(H,35,45)(H,36,43)/t20-,24-,27+/m1/s1. The van der Waals surface area contributed by atoms with Crippen molar-refractivity contribution in [1.29, 1.82) is 0 Å². The number of aliphatic hydroxyl groups excluding tert-OH is 1. The zero-order valence-electron chi connectivity index (χ0n) is 27.0. The van der Waals surface area contributed by atoms with Crippen LogP contribution in [0.1, 0.15) is 60.2 Å². The van der Waals surface area contributed by atoms with Crippen molar-refractivity contribution in [3.8, 4) is 5.75 Å². The van der Waals surface area contributed by atoms with E-state index in [9.17, 15) is 24.3 Å². The molecule has 2 aromatic heterocycles. The van der Waals surface area contributed by atoms with Gasteiger partial charge in [0.1, 0.15) is 23.5 Å². The van der Waals surface area contributed by atoms with Gasteiger partial charge in [-0.2, -0.15) is 5.10 Å². The lowest BCUT2D eigenvalue weighted by molar-refractivity contribution is -0.131. The second-order valence-electron chi connectivity index (χ2n) is 11.9. The SMILES string of the molecule is CC(C)C[C@H]1NC(=O)[C@H]([C@@H](C)O)NC(=O)c2ccc(c(Cl)c2)OCCCn2cc(nn2)CCN(C(=O)c2ccnn2C)CCNC1=O. The summed E-state index contributed by atoms with van der Waals surface area (Å²) in [6, 6.07) is 3.79. The van der Waals surface area contributed by atoms with Crippen molar-refractivity contribution in [2.24, 2.45) is 13.0 Å². The van der Waals surface area contributed by atoms with Crippen LogP contribution in [0.5, 0.6) is 5.75 Å². The van der Waals surface area contributed by atoms with Crippen molar-refractivity contribution < 1.29 is 29.0 Å². The van der Waals surface area contributed by atoms with E-state index >= 15 is 0 Å². The summed E-state index contributed by atoms with van der Waals surface area (Å²) in [6.45, 7) is 6.61. The average molecular weight is 672 g/mol. The Labute approximate surface area is 278 Å². The molecule has 2 aliphatic rings. The van der Waals surface area contributed by atoms with Gasteiger partial charge >= 0.3 is 0 Å². The van der Waals surface area contributed by atoms with E-state index in [0.29, 0.717) is 56.1 Å². The number of ether oxygens (including phenoxy) is 1. The highest BCUT2D eigenvalue weighted by Crippen LogP contribution is 2.26. The van der Waals surface area contributed by atoms with Gasteiger partial charge in [0.2, 0.25) is 11.8 Å². The summed E-state index contributed by atoms with van der Waals surface area (Å²) in [5, 5.41) is 31.2. The molecule has 4 bridgehead atoms. The Morgan fingerprint density at radius 1 is 1.11 bits per heavy atom. The Morgan fingerprint density at radius 3 is 2.57 bits per heavy atom. The van der Waals surface area contributed by atoms with E-state index in [4.69, 9.17) is 16.3 Å². The number of hydrogen-bond acceptors (Lipinski definition) is 9. The molecule has 5 rings (SSSR count). The summed E-state index contributed by atoms with van der Waals surface area (Å²) in [7, 11) is 1.68. The van der Waals surface area contributed by atoms with Gasteiger partial charge in [0.15, 0.2) is 0 Å². The summed E-state index contributed by atoms with van der Waals surface area (Å²) < 4.78 is 8.99. The smallest absolute Gasteiger partial charge is 0.272 e. The fourth-order valence-corrected chi connectivity index (χ4v) is 5.31. The maximum atomic E-state index is 13.5. The number of aryl methyl sites for hydroxylation is 2. The maximum absolute atomic E-state index is 13.5. The average Bonchev–Trinajstić information content (AvgIpc) is 3.67. The number of nitrogens with one attached hydrogen (secondary N) is 3. The van der Waals surface area contributed by atoms with Gasteiger partial charge in [-0.05, 0) is 43.5 Å². The van der Waals surface area contributed by atoms with Crippen LogP contribution in [0.3, 0.4) is 0 Å². The molecule has 1 aromatic carbocycles. The van der Waals surface area contributed by atoms with Crippen LogP contribution in [0, 0.1) is 5.92 Å². The number of aliphatic hydroxyl groups is 1. The number of benzene rings is 1. The number of carbonyl (C=O) groups excluding carboxylic acids is 4. The number of fused-ring (bicyclic) bond motifs is 17. The second-order valence-corrected chi connectivity index (χ2v) is 12.3. The molecule has 0 saturated carbocycles. The largest absolute Gasteiger partial charge is 0.492 e. The molecule has 0 aliphatic carbocycles. The lowest BCUT2D eigenvalue weighted by atomic mass is 10.0. The third-order valence-corrected chi connectivity index (χ3v) is 7.90. The van der Waals surface area contributed by atoms with Crippen LogP contribution < -0.4 is 20.7 Å². The Balaban J connectivity index is 1.58. The molecule has 254 valence electrons. The predicted octanol–water partition coefficient (Wildman–Crippen LogP) is 0.959. The second kappa shape index (κ2) is 16.4. The number of aromatic nitrogens is 5. The van der Waals surface area contributed by atoms with Gasteiger partial charge in [0.25, 0.3) is 11.8 Å². The summed E-state index contributed by atoms with van der Waals surface area (Å²) in [5.74, 6) is -1.69. The normalized spacial score (nSPS) is 19.7. The van der Waals surface area contributed by atoms with Crippen molar-refractivity contribution in [2.75, 3.05) is 26.2 Å². The summed E-state index contributed by atoms with van der Waals surface area (Å²) in [4.78, 5) is 54.8. The van der Waals surface area contributed by atoms with Crippen molar-refractivity contribution in [2.45, 2.75) is 64.8 Å². The third-order valence-electron chi connectivity index (χ3n) is 7.61. The zero-order chi connectivity index (χ0) is 34.1. The highest BCUT2D eigenvalue weighted by molar-refractivity contribution is 6.32. The molecule has 4 amide bonds. The quantitative estimate of drug-likeness (QED) is 0.293. The molecule has 47 heavy (non-hydrogen) atoms. The molecule has 0 radical (unpaired) electrons. The van der Waals surface area contributed by atoms with Crippen molar-refractivity contribution in [3.05, 3.63) is 58.6 Å². The Kier molecular flexibility index (Phi) is 12.3. The topological polar surface area (TPSA) is 186 Å². The number of hydrogen-bond donors (Lipinski definition) is 4. The first kappa shape index (κ1) is 35.4. The van der Waals surface area contributed by atoms with Gasteiger partial charge in [-0.25, -0.2) is 0 Å². The van der Waals surface area contributed by atoms with E-state index in [1.54, 1.807) is 28.8 Å². The fourth-order valence-electron chi connectivity index (χ4n) is 5.07. The molecule has 16 heteroatoms. The number of amides is 4. The Hall–Kier alpha value is -4.50. The van der Waals surface area contributed by atoms with E-state index in [1.807, 2.05) is 20.0 Å². The van der Waals surface area contributed by atoms with Gasteiger partial charge in [-0.1, -0.05) is 30.7 Å². The molecule has 0 fully saturated rings. The van der Waals surface area contributed by atoms with Crippen molar-refractivity contribution in [1.82, 2.24) is 45.6 Å². The van der Waals surface area contributed by atoms with Gasteiger partial charge in [-0.3, -0.25) is 28.5 Å². The molecule has 2 aliphatic heterocycles. The van der Waals surface area contributed by atoms with Crippen LogP contribution in [0.4, 0.5) is 0 Å². The minimum absolute atomic E-state index is 0.0247. The van der Waals surface area contributed by atoms with Crippen LogP contribution >= 0.6 is 11.6 Å². The molecule has 3 atom stereocenters. The maximum Gasteiger partial charge on any atom is 0.272 e. The number of halogens is 1. The van der Waals surface area contributed by atoms with Crippen molar-refractivity contribution in [3.63, 3.8) is 0 Å². The first-order valence-electron chi connectivity index (χ1n) is 15.6. The number of rotatable bonds is 4. The first-order valence-corrected chi connectivity index (χ1v) is 16.0. The minimum Gasteiger partial charge on any atom is -0.492 e. The third kappa shape index (κ3) is 9.75. The van der Waals surface area contributed by atoms with E-state index in [-0.39, 0.29) is 35.5 Å². The molecular formula is C31H42ClN9O6. The molecule has 3 aromatic rings. The van der Waals surface area contributed by atoms with Crippen LogP contribution in [0.2, 0.25) is 5.02 Å². The Bertz CT molecular complexity index is 1560. The Morgan fingerprint density at radius 2 is 1.89 bits per heavy atom. The summed E-state index contributed by atoms with van der Waals surface area (Å²) in [5.41, 5.74) is 1.24. The molecule has 4 N–H and O–H groups in total. The predicted molar refractivity (Wildman–Crippen MR) is 172 cm³/mol. The highest BCUT2D eigenvalue weighted by atomic mass is 35.5. The molecule has 4 heterocycles. The van der Waals surface area contributed by atoms with Crippen LogP contribution in [0.25, 0.3) is 0 Å². The van der Waals surface area contributed by atoms with E-state index < -0.39 is 35.9 Å². The first-order chi connectivity index (χ1) is 22.4. The van der Waals surface area contributed by atoms with Crippen molar-refractivity contribution >= 4 is 35.2 Å². The van der Waals surface area contributed by atoms with Gasteiger partial charge in [0, 0.05) is 64.0 Å². The molecule has 0 saturated heterocycles. The molecular weight excluding hydrogens is 630 g/mol. The lowest BCUT2D eigenvalue weighted by Crippen LogP contribution is -2.57. The molecule has 0 unspecified atom stereocenters. The van der Waals surface area contributed by atoms with Gasteiger partial charge in [0.05, 0.1) is 23.4 Å². The zero-order valence-corrected chi connectivity index (χ0v) is 27.7. The lowest BCUT2D eigenvalue weighted by Gasteiger charge is -2.26. The van der Waals surface area contributed by atoms with E-state index in [0.717, 1.165) is 0 Å². The number of nitrogens with zero attached hydrogens (tertiary/aromatic N) is 6. The van der Waals surface area contributed by atoms with Gasteiger partial charge < -0.3 is 30.7 Å². The monoisotopic (exact) mass is 671 g/mol. The molecule has 15 nitrogen and oxygen atoms in total.